The lowest BCUT2D eigenvalue weighted by Gasteiger charge is -2.18. The lowest BCUT2D eigenvalue weighted by molar-refractivity contribution is 0.481. The van der Waals surface area contributed by atoms with E-state index in [1.165, 1.54) is 23.5 Å². The molecule has 14 heavy (non-hydrogen) atoms. The summed E-state index contributed by atoms with van der Waals surface area (Å²) >= 11 is 2.01. The Morgan fingerprint density at radius 2 is 2.43 bits per heavy atom. The third-order valence-electron chi connectivity index (χ3n) is 2.79. The van der Waals surface area contributed by atoms with Crippen LogP contribution in [0.4, 0.5) is 0 Å². The van der Waals surface area contributed by atoms with Crippen LogP contribution in [0.3, 0.4) is 0 Å². The Morgan fingerprint density at radius 3 is 3.00 bits per heavy atom. The summed E-state index contributed by atoms with van der Waals surface area (Å²) in [6.45, 7) is 2.00. The molecule has 2 unspecified atom stereocenters. The molecule has 2 N–H and O–H groups in total. The van der Waals surface area contributed by atoms with Crippen molar-refractivity contribution in [1.29, 1.82) is 0 Å². The van der Waals surface area contributed by atoms with Crippen LogP contribution in [0.15, 0.2) is 18.3 Å². The van der Waals surface area contributed by atoms with Crippen LogP contribution in [-0.4, -0.2) is 16.5 Å². The molecule has 1 saturated heterocycles. The van der Waals surface area contributed by atoms with E-state index < -0.39 is 0 Å². The molecule has 2 atom stereocenters. The zero-order chi connectivity index (χ0) is 9.97. The van der Waals surface area contributed by atoms with Crippen molar-refractivity contribution in [2.24, 2.45) is 11.7 Å². The number of hydrogen-bond donors (Lipinski definition) is 1. The summed E-state index contributed by atoms with van der Waals surface area (Å²) in [6.07, 6.45) is 3.17. The monoisotopic (exact) mass is 208 g/mol. The van der Waals surface area contributed by atoms with E-state index in [-0.39, 0.29) is 6.04 Å². The van der Waals surface area contributed by atoms with Gasteiger partial charge < -0.3 is 5.73 Å². The van der Waals surface area contributed by atoms with Crippen LogP contribution in [0.1, 0.15) is 23.7 Å². The first kappa shape index (κ1) is 9.99. The Balaban J connectivity index is 2.09. The second-order valence-corrected chi connectivity index (χ2v) is 5.03. The molecule has 1 aromatic heterocycles. The Hall–Kier alpha value is -0.540. The van der Waals surface area contributed by atoms with E-state index in [2.05, 4.69) is 11.1 Å². The molecule has 0 spiro atoms. The lowest BCUT2D eigenvalue weighted by Crippen LogP contribution is -2.21. The molecule has 76 valence electrons. The number of pyridine rings is 1. The van der Waals surface area contributed by atoms with Crippen molar-refractivity contribution in [2.75, 3.05) is 11.5 Å². The lowest BCUT2D eigenvalue weighted by atomic mass is 9.94. The molecule has 1 aliphatic heterocycles. The fourth-order valence-corrected chi connectivity index (χ4v) is 3.10. The largest absolute Gasteiger partial charge is 0.324 e. The number of rotatable bonds is 2. The first-order valence-electron chi connectivity index (χ1n) is 5.03. The fourth-order valence-electron chi connectivity index (χ4n) is 1.78. The van der Waals surface area contributed by atoms with Crippen molar-refractivity contribution in [3.05, 3.63) is 29.6 Å². The highest BCUT2D eigenvalue weighted by Gasteiger charge is 2.23. The highest BCUT2D eigenvalue weighted by Crippen LogP contribution is 2.32. The van der Waals surface area contributed by atoms with Gasteiger partial charge in [0.2, 0.25) is 0 Å². The summed E-state index contributed by atoms with van der Waals surface area (Å²) in [5.74, 6) is 3.11. The SMILES string of the molecule is Cc1ccc(C(N)C2CCSC2)cn1. The van der Waals surface area contributed by atoms with Crippen molar-refractivity contribution in [2.45, 2.75) is 19.4 Å². The standard InChI is InChI=1S/C11H16N2S/c1-8-2-3-9(6-13-8)11(12)10-4-5-14-7-10/h2-3,6,10-11H,4-5,7,12H2,1H3. The topological polar surface area (TPSA) is 38.9 Å². The average Bonchev–Trinajstić information content (AvgIpc) is 2.71. The molecule has 0 saturated carbocycles. The van der Waals surface area contributed by atoms with Crippen molar-refractivity contribution in [3.8, 4) is 0 Å². The third kappa shape index (κ3) is 2.10. The molecular formula is C11H16N2S. The minimum Gasteiger partial charge on any atom is -0.324 e. The minimum atomic E-state index is 0.179. The van der Waals surface area contributed by atoms with Crippen LogP contribution in [0, 0.1) is 12.8 Å². The van der Waals surface area contributed by atoms with E-state index in [0.717, 1.165) is 5.69 Å². The molecule has 0 amide bonds. The minimum absolute atomic E-state index is 0.179. The van der Waals surface area contributed by atoms with E-state index in [1.807, 2.05) is 30.9 Å². The van der Waals surface area contributed by atoms with E-state index in [4.69, 9.17) is 5.73 Å². The van der Waals surface area contributed by atoms with Crippen LogP contribution in [0.2, 0.25) is 0 Å². The van der Waals surface area contributed by atoms with Crippen molar-refractivity contribution >= 4 is 11.8 Å². The average molecular weight is 208 g/mol. The zero-order valence-electron chi connectivity index (χ0n) is 8.44. The number of aromatic nitrogens is 1. The summed E-state index contributed by atoms with van der Waals surface area (Å²) in [6, 6.07) is 4.32. The molecule has 2 nitrogen and oxygen atoms in total. The zero-order valence-corrected chi connectivity index (χ0v) is 9.26. The van der Waals surface area contributed by atoms with Crippen LogP contribution >= 0.6 is 11.8 Å². The van der Waals surface area contributed by atoms with Gasteiger partial charge in [-0.3, -0.25) is 4.98 Å². The maximum Gasteiger partial charge on any atom is 0.0372 e. The Labute approximate surface area is 89.3 Å². The third-order valence-corrected chi connectivity index (χ3v) is 3.98. The van der Waals surface area contributed by atoms with Gasteiger partial charge in [0.25, 0.3) is 0 Å². The molecule has 0 aromatic carbocycles. The number of nitrogens with zero attached hydrogens (tertiary/aromatic N) is 1. The van der Waals surface area contributed by atoms with Gasteiger partial charge in [-0.2, -0.15) is 11.8 Å². The van der Waals surface area contributed by atoms with Crippen LogP contribution in [0.5, 0.6) is 0 Å². The fraction of sp³-hybridized carbons (Fsp3) is 0.545. The molecule has 2 heterocycles. The van der Waals surface area contributed by atoms with Crippen molar-refractivity contribution < 1.29 is 0 Å². The summed E-state index contributed by atoms with van der Waals surface area (Å²) in [4.78, 5) is 4.28. The van der Waals surface area contributed by atoms with Gasteiger partial charge in [-0.25, -0.2) is 0 Å². The molecule has 0 radical (unpaired) electrons. The maximum absolute atomic E-state index is 6.20. The van der Waals surface area contributed by atoms with Gasteiger partial charge in [0.15, 0.2) is 0 Å². The predicted molar refractivity (Wildman–Crippen MR) is 61.3 cm³/mol. The van der Waals surface area contributed by atoms with Gasteiger partial charge >= 0.3 is 0 Å². The van der Waals surface area contributed by atoms with Gasteiger partial charge in [0.05, 0.1) is 0 Å². The quantitative estimate of drug-likeness (QED) is 0.809. The predicted octanol–water partition coefficient (Wildman–Crippen LogP) is 2.14. The smallest absolute Gasteiger partial charge is 0.0372 e. The normalized spacial score (nSPS) is 23.7. The molecular weight excluding hydrogens is 192 g/mol. The first-order valence-corrected chi connectivity index (χ1v) is 6.19. The second-order valence-electron chi connectivity index (χ2n) is 3.88. The van der Waals surface area contributed by atoms with Gasteiger partial charge in [-0.1, -0.05) is 6.07 Å². The first-order chi connectivity index (χ1) is 6.77. The number of thioether (sulfide) groups is 1. The summed E-state index contributed by atoms with van der Waals surface area (Å²) in [5.41, 5.74) is 8.44. The van der Waals surface area contributed by atoms with Gasteiger partial charge in [0.1, 0.15) is 0 Å². The summed E-state index contributed by atoms with van der Waals surface area (Å²) in [7, 11) is 0. The van der Waals surface area contributed by atoms with Gasteiger partial charge in [-0.05, 0) is 42.4 Å². The van der Waals surface area contributed by atoms with Gasteiger partial charge in [0, 0.05) is 17.9 Å². The highest BCUT2D eigenvalue weighted by molar-refractivity contribution is 7.99. The van der Waals surface area contributed by atoms with E-state index in [9.17, 15) is 0 Å². The Morgan fingerprint density at radius 1 is 1.57 bits per heavy atom. The van der Waals surface area contributed by atoms with Crippen molar-refractivity contribution in [3.63, 3.8) is 0 Å². The van der Waals surface area contributed by atoms with Crippen LogP contribution in [0.25, 0.3) is 0 Å². The van der Waals surface area contributed by atoms with E-state index >= 15 is 0 Å². The number of nitrogens with two attached hydrogens (primary N) is 1. The molecule has 1 aliphatic rings. The molecule has 0 bridgehead atoms. The van der Waals surface area contributed by atoms with Crippen LogP contribution < -0.4 is 5.73 Å². The second kappa shape index (κ2) is 4.32. The molecule has 1 aromatic rings. The summed E-state index contributed by atoms with van der Waals surface area (Å²) < 4.78 is 0. The summed E-state index contributed by atoms with van der Waals surface area (Å²) in [5, 5.41) is 0. The highest BCUT2D eigenvalue weighted by atomic mass is 32.2. The molecule has 0 aliphatic carbocycles. The van der Waals surface area contributed by atoms with E-state index in [0.29, 0.717) is 5.92 Å². The Bertz CT molecular complexity index is 291. The van der Waals surface area contributed by atoms with E-state index in [1.54, 1.807) is 0 Å². The van der Waals surface area contributed by atoms with Crippen molar-refractivity contribution in [1.82, 2.24) is 4.98 Å². The molecule has 1 fully saturated rings. The maximum atomic E-state index is 6.20. The number of aryl methyl sites for hydroxylation is 1. The van der Waals surface area contributed by atoms with Gasteiger partial charge in [-0.15, -0.1) is 0 Å². The Kier molecular flexibility index (Phi) is 3.08. The molecule has 2 rings (SSSR count). The molecule has 3 heteroatoms. The number of hydrogen-bond acceptors (Lipinski definition) is 3. The van der Waals surface area contributed by atoms with Crippen LogP contribution in [-0.2, 0) is 0 Å².